The summed E-state index contributed by atoms with van der Waals surface area (Å²) in [6.45, 7) is 4.92. The van der Waals surface area contributed by atoms with Crippen molar-refractivity contribution in [1.29, 1.82) is 0 Å². The smallest absolute Gasteiger partial charge is 0.280 e. The van der Waals surface area contributed by atoms with Crippen molar-refractivity contribution in [3.63, 3.8) is 0 Å². The molecule has 2 aromatic rings. The number of fused-ring (bicyclic) bond motifs is 1. The molecular formula is C14H16ClN3O. The normalized spacial score (nSPS) is 18.3. The van der Waals surface area contributed by atoms with Gasteiger partial charge in [0.1, 0.15) is 5.82 Å². The van der Waals surface area contributed by atoms with Gasteiger partial charge in [-0.25, -0.2) is 9.66 Å². The third kappa shape index (κ3) is 2.00. The van der Waals surface area contributed by atoms with Gasteiger partial charge in [-0.1, -0.05) is 26.0 Å². The van der Waals surface area contributed by atoms with Gasteiger partial charge in [0.2, 0.25) is 0 Å². The Morgan fingerprint density at radius 3 is 2.79 bits per heavy atom. The predicted octanol–water partition coefficient (Wildman–Crippen LogP) is 2.08. The number of aromatic nitrogens is 2. The third-order valence-corrected chi connectivity index (χ3v) is 3.77. The van der Waals surface area contributed by atoms with Crippen LogP contribution in [0.3, 0.4) is 0 Å². The van der Waals surface area contributed by atoms with Gasteiger partial charge in [-0.05, 0) is 12.1 Å². The van der Waals surface area contributed by atoms with Crippen molar-refractivity contribution in [3.8, 4) is 0 Å². The standard InChI is InChI=1S/C14H16ClN3O/c1-9(2)13-16-12-6-4-3-5-11(12)14(19)18(13)17-8-10(17)7-15/h3-6,9-10H,7-8H2,1-2H3/t10-,17?/m1/s1. The molecule has 1 fully saturated rings. The van der Waals surface area contributed by atoms with E-state index in [9.17, 15) is 4.79 Å². The number of hydrogen-bond donors (Lipinski definition) is 0. The molecule has 0 amide bonds. The Kier molecular flexibility index (Phi) is 2.97. The Bertz CT molecular complexity index is 680. The summed E-state index contributed by atoms with van der Waals surface area (Å²) in [5.74, 6) is 1.53. The molecule has 1 aliphatic rings. The average molecular weight is 278 g/mol. The first-order valence-corrected chi connectivity index (χ1v) is 7.01. The molecule has 0 radical (unpaired) electrons. The van der Waals surface area contributed by atoms with E-state index in [0.717, 1.165) is 17.9 Å². The summed E-state index contributed by atoms with van der Waals surface area (Å²) >= 11 is 5.87. The van der Waals surface area contributed by atoms with Gasteiger partial charge in [-0.15, -0.1) is 11.6 Å². The molecule has 3 rings (SSSR count). The number of benzene rings is 1. The van der Waals surface area contributed by atoms with E-state index in [-0.39, 0.29) is 17.5 Å². The SMILES string of the molecule is CC(C)c1nc2ccccc2c(=O)n1N1C[C@H]1CCl. The molecule has 1 aliphatic heterocycles. The van der Waals surface area contributed by atoms with E-state index < -0.39 is 0 Å². The van der Waals surface area contributed by atoms with Crippen LogP contribution in [0, 0.1) is 0 Å². The summed E-state index contributed by atoms with van der Waals surface area (Å²) in [6.07, 6.45) is 0. The zero-order valence-electron chi connectivity index (χ0n) is 11.0. The highest BCUT2D eigenvalue weighted by Gasteiger charge is 2.36. The molecule has 5 heteroatoms. The molecule has 0 unspecified atom stereocenters. The van der Waals surface area contributed by atoms with Gasteiger partial charge >= 0.3 is 0 Å². The van der Waals surface area contributed by atoms with Crippen LogP contribution in [0.2, 0.25) is 0 Å². The van der Waals surface area contributed by atoms with Crippen LogP contribution in [0.1, 0.15) is 25.6 Å². The molecule has 1 atom stereocenters. The van der Waals surface area contributed by atoms with Crippen molar-refractivity contribution in [3.05, 3.63) is 40.4 Å². The highest BCUT2D eigenvalue weighted by Crippen LogP contribution is 2.21. The quantitative estimate of drug-likeness (QED) is 0.637. The molecule has 0 N–H and O–H groups in total. The van der Waals surface area contributed by atoms with Crippen LogP contribution < -0.4 is 10.6 Å². The van der Waals surface area contributed by atoms with Crippen molar-refractivity contribution in [2.45, 2.75) is 25.8 Å². The summed E-state index contributed by atoms with van der Waals surface area (Å²) in [7, 11) is 0. The Morgan fingerprint density at radius 2 is 2.16 bits per heavy atom. The largest absolute Gasteiger partial charge is 0.300 e. The molecule has 0 saturated carbocycles. The first kappa shape index (κ1) is 12.5. The van der Waals surface area contributed by atoms with Gasteiger partial charge in [0.15, 0.2) is 0 Å². The minimum absolute atomic E-state index is 0.00177. The highest BCUT2D eigenvalue weighted by molar-refractivity contribution is 6.18. The lowest BCUT2D eigenvalue weighted by Crippen LogP contribution is -2.34. The van der Waals surface area contributed by atoms with Crippen molar-refractivity contribution < 1.29 is 0 Å². The van der Waals surface area contributed by atoms with Crippen molar-refractivity contribution in [2.75, 3.05) is 17.4 Å². The summed E-state index contributed by atoms with van der Waals surface area (Å²) in [6, 6.07) is 7.73. The molecule has 1 saturated heterocycles. The second-order valence-corrected chi connectivity index (χ2v) is 5.50. The van der Waals surface area contributed by atoms with Gasteiger partial charge < -0.3 is 5.01 Å². The van der Waals surface area contributed by atoms with Crippen molar-refractivity contribution in [2.24, 2.45) is 0 Å². The van der Waals surface area contributed by atoms with Crippen LogP contribution in [-0.2, 0) is 0 Å². The molecule has 0 aliphatic carbocycles. The van der Waals surface area contributed by atoms with Crippen molar-refractivity contribution in [1.82, 2.24) is 9.66 Å². The summed E-state index contributed by atoms with van der Waals surface area (Å²) < 4.78 is 1.71. The lowest BCUT2D eigenvalue weighted by Gasteiger charge is -2.17. The van der Waals surface area contributed by atoms with Crippen LogP contribution >= 0.6 is 11.6 Å². The monoisotopic (exact) mass is 277 g/mol. The maximum Gasteiger partial charge on any atom is 0.280 e. The maximum atomic E-state index is 12.6. The first-order chi connectivity index (χ1) is 9.13. The van der Waals surface area contributed by atoms with Crippen LogP contribution in [0.5, 0.6) is 0 Å². The van der Waals surface area contributed by atoms with Crippen molar-refractivity contribution >= 4 is 22.5 Å². The fraction of sp³-hybridized carbons (Fsp3) is 0.429. The Balaban J connectivity index is 2.26. The molecule has 0 spiro atoms. The van der Waals surface area contributed by atoms with Gasteiger partial charge in [0, 0.05) is 11.8 Å². The number of hydrogen-bond acceptors (Lipinski definition) is 3. The van der Waals surface area contributed by atoms with Gasteiger partial charge in [0.25, 0.3) is 5.56 Å². The van der Waals surface area contributed by atoms with Crippen LogP contribution in [0.15, 0.2) is 29.1 Å². The Morgan fingerprint density at radius 1 is 1.42 bits per heavy atom. The number of para-hydroxylation sites is 1. The molecule has 2 heterocycles. The maximum absolute atomic E-state index is 12.6. The highest BCUT2D eigenvalue weighted by atomic mass is 35.5. The lowest BCUT2D eigenvalue weighted by molar-refractivity contribution is 0.640. The zero-order chi connectivity index (χ0) is 13.6. The molecule has 1 aromatic heterocycles. The van der Waals surface area contributed by atoms with E-state index in [0.29, 0.717) is 11.3 Å². The van der Waals surface area contributed by atoms with E-state index in [1.807, 2.05) is 43.1 Å². The van der Waals surface area contributed by atoms with E-state index in [1.54, 1.807) is 4.68 Å². The summed E-state index contributed by atoms with van der Waals surface area (Å²) in [5, 5.41) is 2.65. The number of rotatable bonds is 3. The predicted molar refractivity (Wildman–Crippen MR) is 77.7 cm³/mol. The lowest BCUT2D eigenvalue weighted by atomic mass is 10.2. The van der Waals surface area contributed by atoms with E-state index in [1.165, 1.54) is 0 Å². The Hall–Kier alpha value is -1.55. The van der Waals surface area contributed by atoms with Crippen LogP contribution in [-0.4, -0.2) is 28.1 Å². The first-order valence-electron chi connectivity index (χ1n) is 6.48. The molecule has 0 bridgehead atoms. The minimum atomic E-state index is 0.00177. The van der Waals surface area contributed by atoms with Gasteiger partial charge in [-0.3, -0.25) is 4.79 Å². The zero-order valence-corrected chi connectivity index (χ0v) is 11.8. The molecule has 1 aromatic carbocycles. The molecular weight excluding hydrogens is 262 g/mol. The summed E-state index contributed by atoms with van der Waals surface area (Å²) in [4.78, 5) is 17.3. The van der Waals surface area contributed by atoms with Gasteiger partial charge in [0.05, 0.1) is 23.5 Å². The number of halogens is 1. The van der Waals surface area contributed by atoms with E-state index >= 15 is 0 Å². The Labute approximate surface area is 116 Å². The van der Waals surface area contributed by atoms with Gasteiger partial charge in [-0.2, -0.15) is 0 Å². The molecule has 100 valence electrons. The summed E-state index contributed by atoms with van der Waals surface area (Å²) in [5.41, 5.74) is 0.763. The third-order valence-electron chi connectivity index (χ3n) is 3.42. The van der Waals surface area contributed by atoms with E-state index in [2.05, 4.69) is 4.98 Å². The van der Waals surface area contributed by atoms with Crippen LogP contribution in [0.4, 0.5) is 0 Å². The van der Waals surface area contributed by atoms with Crippen LogP contribution in [0.25, 0.3) is 10.9 Å². The fourth-order valence-corrected chi connectivity index (χ4v) is 2.56. The minimum Gasteiger partial charge on any atom is -0.300 e. The second kappa shape index (κ2) is 4.53. The number of alkyl halides is 1. The number of nitrogens with zero attached hydrogens (tertiary/aromatic N) is 3. The molecule has 19 heavy (non-hydrogen) atoms. The van der Waals surface area contributed by atoms with E-state index in [4.69, 9.17) is 11.6 Å². The second-order valence-electron chi connectivity index (χ2n) is 5.19. The topological polar surface area (TPSA) is 37.9 Å². The molecule has 4 nitrogen and oxygen atoms in total. The fourth-order valence-electron chi connectivity index (χ4n) is 2.31. The average Bonchev–Trinajstić information content (AvgIpc) is 3.17.